The number of carboxylic acid groups (broad SMARTS) is 1. The monoisotopic (exact) mass is 337 g/mol. The summed E-state index contributed by atoms with van der Waals surface area (Å²) in [5.41, 5.74) is 1.98. The van der Waals surface area contributed by atoms with Crippen molar-refractivity contribution in [3.8, 4) is 10.4 Å². The molecule has 1 heterocycles. The molecule has 0 aliphatic rings. The van der Waals surface area contributed by atoms with Crippen LogP contribution in [0.4, 0.5) is 0 Å². The minimum Gasteiger partial charge on any atom is -0.481 e. The molecule has 0 saturated carbocycles. The van der Waals surface area contributed by atoms with Crippen LogP contribution in [0.5, 0.6) is 0 Å². The fourth-order valence-electron chi connectivity index (χ4n) is 2.06. The first kappa shape index (κ1) is 16.5. The van der Waals surface area contributed by atoms with Crippen molar-refractivity contribution in [3.05, 3.63) is 45.8 Å². The van der Waals surface area contributed by atoms with Crippen LogP contribution in [0.3, 0.4) is 0 Å². The van der Waals surface area contributed by atoms with E-state index in [1.165, 1.54) is 16.2 Å². The van der Waals surface area contributed by atoms with Gasteiger partial charge < -0.3 is 10.0 Å². The Bertz CT molecular complexity index is 711. The lowest BCUT2D eigenvalue weighted by molar-refractivity contribution is -0.137. The molecule has 2 rings (SSSR count). The Hall–Kier alpha value is -1.85. The maximum Gasteiger partial charge on any atom is 0.305 e. The predicted molar refractivity (Wildman–Crippen MR) is 88.7 cm³/mol. The zero-order valence-electron chi connectivity index (χ0n) is 12.3. The summed E-state index contributed by atoms with van der Waals surface area (Å²) in [6.07, 6.45) is -0.0618. The first-order valence-electron chi connectivity index (χ1n) is 6.72. The van der Waals surface area contributed by atoms with E-state index in [1.54, 1.807) is 13.1 Å². The second-order valence-electron chi connectivity index (χ2n) is 5.00. The standard InChI is InChI=1S/C16H16ClNO3S/c1-10-8-13(16(21)18(2)7-6-14(19)20)22-15(10)11-4-3-5-12(17)9-11/h3-5,8-9H,6-7H2,1-2H3,(H,19,20). The van der Waals surface area contributed by atoms with Crippen LogP contribution in [-0.4, -0.2) is 35.5 Å². The van der Waals surface area contributed by atoms with Gasteiger partial charge in [0.15, 0.2) is 0 Å². The van der Waals surface area contributed by atoms with E-state index < -0.39 is 5.97 Å². The average Bonchev–Trinajstić information content (AvgIpc) is 2.86. The maximum absolute atomic E-state index is 12.3. The van der Waals surface area contributed by atoms with E-state index in [0.717, 1.165) is 16.0 Å². The van der Waals surface area contributed by atoms with Gasteiger partial charge in [0.2, 0.25) is 0 Å². The predicted octanol–water partition coefficient (Wildman–Crippen LogP) is 3.92. The second-order valence-corrected chi connectivity index (χ2v) is 6.49. The van der Waals surface area contributed by atoms with E-state index >= 15 is 0 Å². The second kappa shape index (κ2) is 6.94. The molecule has 0 unspecified atom stereocenters. The summed E-state index contributed by atoms with van der Waals surface area (Å²) in [6.45, 7) is 2.14. The third-order valence-corrected chi connectivity index (χ3v) is 4.73. The molecule has 0 aliphatic heterocycles. The van der Waals surface area contributed by atoms with Crippen LogP contribution < -0.4 is 0 Å². The van der Waals surface area contributed by atoms with Crippen molar-refractivity contribution in [2.24, 2.45) is 0 Å². The van der Waals surface area contributed by atoms with Gasteiger partial charge in [0.25, 0.3) is 5.91 Å². The summed E-state index contributed by atoms with van der Waals surface area (Å²) >= 11 is 7.41. The molecule has 0 aliphatic carbocycles. The number of rotatable bonds is 5. The van der Waals surface area contributed by atoms with Gasteiger partial charge >= 0.3 is 5.97 Å². The highest BCUT2D eigenvalue weighted by Crippen LogP contribution is 2.34. The summed E-state index contributed by atoms with van der Waals surface area (Å²) in [7, 11) is 1.61. The summed E-state index contributed by atoms with van der Waals surface area (Å²) in [4.78, 5) is 26.0. The van der Waals surface area contributed by atoms with E-state index in [2.05, 4.69) is 0 Å². The molecule has 116 valence electrons. The van der Waals surface area contributed by atoms with Gasteiger partial charge in [-0.25, -0.2) is 0 Å². The molecule has 6 heteroatoms. The third kappa shape index (κ3) is 3.87. The molecule has 2 aromatic rings. The zero-order valence-corrected chi connectivity index (χ0v) is 13.9. The highest BCUT2D eigenvalue weighted by Gasteiger charge is 2.17. The molecule has 1 amide bonds. The molecule has 1 aromatic carbocycles. The van der Waals surface area contributed by atoms with Gasteiger partial charge in [-0.3, -0.25) is 9.59 Å². The summed E-state index contributed by atoms with van der Waals surface area (Å²) in [5, 5.41) is 9.34. The van der Waals surface area contributed by atoms with Crippen LogP contribution >= 0.6 is 22.9 Å². The smallest absolute Gasteiger partial charge is 0.305 e. The summed E-state index contributed by atoms with van der Waals surface area (Å²) in [5.74, 6) is -1.08. The van der Waals surface area contributed by atoms with Crippen LogP contribution in [0.25, 0.3) is 10.4 Å². The summed E-state index contributed by atoms with van der Waals surface area (Å²) in [6, 6.07) is 9.33. The van der Waals surface area contributed by atoms with Crippen molar-refractivity contribution in [3.63, 3.8) is 0 Å². The molecule has 0 bridgehead atoms. The molecular weight excluding hydrogens is 322 g/mol. The number of amides is 1. The number of carboxylic acids is 1. The first-order valence-corrected chi connectivity index (χ1v) is 7.91. The van der Waals surface area contributed by atoms with Gasteiger partial charge in [-0.2, -0.15) is 0 Å². The normalized spacial score (nSPS) is 10.5. The van der Waals surface area contributed by atoms with E-state index in [9.17, 15) is 9.59 Å². The lowest BCUT2D eigenvalue weighted by atomic mass is 10.1. The van der Waals surface area contributed by atoms with Crippen molar-refractivity contribution in [2.75, 3.05) is 13.6 Å². The van der Waals surface area contributed by atoms with E-state index in [0.29, 0.717) is 9.90 Å². The quantitative estimate of drug-likeness (QED) is 0.899. The van der Waals surface area contributed by atoms with E-state index in [4.69, 9.17) is 16.7 Å². The van der Waals surface area contributed by atoms with Crippen molar-refractivity contribution in [1.29, 1.82) is 0 Å². The first-order chi connectivity index (χ1) is 10.4. The van der Waals surface area contributed by atoms with Crippen LogP contribution in [0, 0.1) is 6.92 Å². The van der Waals surface area contributed by atoms with Crippen LogP contribution in [0.1, 0.15) is 21.7 Å². The number of thiophene rings is 1. The zero-order chi connectivity index (χ0) is 16.3. The molecule has 4 nitrogen and oxygen atoms in total. The molecule has 1 aromatic heterocycles. The van der Waals surface area contributed by atoms with Crippen LogP contribution in [0.2, 0.25) is 5.02 Å². The van der Waals surface area contributed by atoms with Gasteiger partial charge in [0, 0.05) is 23.5 Å². The Morgan fingerprint density at radius 3 is 2.68 bits per heavy atom. The van der Waals surface area contributed by atoms with E-state index in [-0.39, 0.29) is 18.9 Å². The molecule has 0 radical (unpaired) electrons. The molecule has 22 heavy (non-hydrogen) atoms. The maximum atomic E-state index is 12.3. The number of hydrogen-bond acceptors (Lipinski definition) is 3. The average molecular weight is 338 g/mol. The Kier molecular flexibility index (Phi) is 5.21. The number of carbonyl (C=O) groups excluding carboxylic acids is 1. The summed E-state index contributed by atoms with van der Waals surface area (Å²) < 4.78 is 0. The number of carbonyl (C=O) groups is 2. The number of hydrogen-bond donors (Lipinski definition) is 1. The molecule has 0 fully saturated rings. The van der Waals surface area contributed by atoms with E-state index in [1.807, 2.05) is 31.2 Å². The minimum absolute atomic E-state index is 0.0618. The fourth-order valence-corrected chi connectivity index (χ4v) is 3.41. The number of halogens is 1. The van der Waals surface area contributed by atoms with Crippen molar-refractivity contribution in [1.82, 2.24) is 4.90 Å². The Morgan fingerprint density at radius 2 is 2.05 bits per heavy atom. The van der Waals surface area contributed by atoms with Crippen LogP contribution in [-0.2, 0) is 4.79 Å². The minimum atomic E-state index is -0.915. The highest BCUT2D eigenvalue weighted by molar-refractivity contribution is 7.17. The third-order valence-electron chi connectivity index (χ3n) is 3.22. The number of nitrogens with zero attached hydrogens (tertiary/aromatic N) is 1. The Labute approximate surface area is 137 Å². The SMILES string of the molecule is Cc1cc(C(=O)N(C)CCC(=O)O)sc1-c1cccc(Cl)c1. The van der Waals surface area contributed by atoms with Gasteiger partial charge in [-0.1, -0.05) is 23.7 Å². The largest absolute Gasteiger partial charge is 0.481 e. The van der Waals surface area contributed by atoms with Gasteiger partial charge in [-0.15, -0.1) is 11.3 Å². The molecule has 0 spiro atoms. The lowest BCUT2D eigenvalue weighted by Crippen LogP contribution is -2.28. The van der Waals surface area contributed by atoms with Crippen molar-refractivity contribution >= 4 is 34.8 Å². The molecule has 1 N–H and O–H groups in total. The Morgan fingerprint density at radius 1 is 1.32 bits per heavy atom. The van der Waals surface area contributed by atoms with Gasteiger partial charge in [0.1, 0.15) is 0 Å². The Balaban J connectivity index is 2.22. The molecule has 0 saturated heterocycles. The van der Waals surface area contributed by atoms with Gasteiger partial charge in [0.05, 0.1) is 11.3 Å². The molecule has 0 atom stereocenters. The van der Waals surface area contributed by atoms with Gasteiger partial charge in [-0.05, 0) is 36.2 Å². The van der Waals surface area contributed by atoms with Crippen molar-refractivity contribution < 1.29 is 14.7 Å². The highest BCUT2D eigenvalue weighted by atomic mass is 35.5. The number of aliphatic carboxylic acids is 1. The molecular formula is C16H16ClNO3S. The van der Waals surface area contributed by atoms with Crippen LogP contribution in [0.15, 0.2) is 30.3 Å². The number of aryl methyl sites for hydroxylation is 1. The lowest BCUT2D eigenvalue weighted by Gasteiger charge is -2.14. The topological polar surface area (TPSA) is 57.6 Å². The number of benzene rings is 1. The van der Waals surface area contributed by atoms with Crippen molar-refractivity contribution in [2.45, 2.75) is 13.3 Å². The fraction of sp³-hybridized carbons (Fsp3) is 0.250.